The molecule has 0 unspecified atom stereocenters. The zero-order valence-corrected chi connectivity index (χ0v) is 23.4. The molecule has 1 saturated heterocycles. The van der Waals surface area contributed by atoms with Gasteiger partial charge in [0.05, 0.1) is 12.5 Å². The molecule has 1 aliphatic heterocycles. The number of carboxylic acid groups (broad SMARTS) is 1. The Morgan fingerprint density at radius 2 is 1.82 bits per heavy atom. The van der Waals surface area contributed by atoms with Gasteiger partial charge in [0.15, 0.2) is 12.4 Å². The molecule has 4 fully saturated rings. The van der Waals surface area contributed by atoms with E-state index in [1.54, 1.807) is 6.08 Å². The fraction of sp³-hybridized carbons (Fsp3) is 0.767. The monoisotopic (exact) mass is 559 g/mol. The summed E-state index contributed by atoms with van der Waals surface area (Å²) < 4.78 is 5.19. The number of esters is 1. The first-order valence-electron chi connectivity index (χ1n) is 14.7. The standard InChI is InChI=1S/C30H41NO9/c1-28-11-9-18(32)14-17(28)5-6-19-20-10-12-30(39,29(20,2)15-22(33)26(19)28)23(34)16-40-25(36)8-7-24(35)31-13-3-4-21(31)27(37)38/h14,19-22,26,33,39H,3-13,15-16H2,1-2H3,(H,37,38)/t19-,20-,21-,22+,26+,28+,29+,30+/m1/s1. The van der Waals surface area contributed by atoms with E-state index in [4.69, 9.17) is 4.74 Å². The van der Waals surface area contributed by atoms with Crippen LogP contribution in [0.25, 0.3) is 0 Å². The highest BCUT2D eigenvalue weighted by Gasteiger charge is 2.68. The Kier molecular flexibility index (Phi) is 7.48. The van der Waals surface area contributed by atoms with Crippen LogP contribution in [0.5, 0.6) is 0 Å². The Bertz CT molecular complexity index is 1150. The van der Waals surface area contributed by atoms with E-state index in [-0.39, 0.29) is 54.6 Å². The van der Waals surface area contributed by atoms with Crippen molar-refractivity contribution in [3.05, 3.63) is 11.6 Å². The van der Waals surface area contributed by atoms with Gasteiger partial charge in [0, 0.05) is 24.8 Å². The fourth-order valence-corrected chi connectivity index (χ4v) is 9.16. The number of aliphatic carboxylic acids is 1. The Hall–Kier alpha value is -2.59. The Labute approximate surface area is 234 Å². The van der Waals surface area contributed by atoms with Gasteiger partial charge in [0.2, 0.25) is 11.7 Å². The summed E-state index contributed by atoms with van der Waals surface area (Å²) in [6, 6.07) is -0.879. The van der Waals surface area contributed by atoms with E-state index in [0.29, 0.717) is 38.6 Å². The number of ether oxygens (including phenoxy) is 1. The molecule has 1 amide bonds. The van der Waals surface area contributed by atoms with Crippen LogP contribution in [0.2, 0.25) is 0 Å². The van der Waals surface area contributed by atoms with Gasteiger partial charge in [-0.15, -0.1) is 0 Å². The van der Waals surface area contributed by atoms with Crippen molar-refractivity contribution in [2.45, 2.75) is 102 Å². The number of carbonyl (C=O) groups excluding carboxylic acids is 4. The van der Waals surface area contributed by atoms with Crippen LogP contribution in [0.15, 0.2) is 11.6 Å². The molecule has 10 nitrogen and oxygen atoms in total. The van der Waals surface area contributed by atoms with Gasteiger partial charge >= 0.3 is 11.9 Å². The average Bonchev–Trinajstić information content (AvgIpc) is 3.50. The van der Waals surface area contributed by atoms with Crippen molar-refractivity contribution < 1.29 is 44.0 Å². The highest BCUT2D eigenvalue weighted by atomic mass is 16.5. The van der Waals surface area contributed by atoms with Gasteiger partial charge in [0.25, 0.3) is 0 Å². The zero-order valence-electron chi connectivity index (χ0n) is 23.4. The summed E-state index contributed by atoms with van der Waals surface area (Å²) in [7, 11) is 0. The molecule has 220 valence electrons. The Morgan fingerprint density at radius 1 is 1.07 bits per heavy atom. The molecule has 1 heterocycles. The lowest BCUT2D eigenvalue weighted by Crippen LogP contribution is -2.62. The predicted molar refractivity (Wildman–Crippen MR) is 141 cm³/mol. The minimum Gasteiger partial charge on any atom is -0.480 e. The largest absolute Gasteiger partial charge is 0.480 e. The van der Waals surface area contributed by atoms with Crippen LogP contribution in [-0.4, -0.2) is 80.5 Å². The zero-order chi connectivity index (χ0) is 29.0. The van der Waals surface area contributed by atoms with Crippen molar-refractivity contribution in [3.63, 3.8) is 0 Å². The molecule has 0 bridgehead atoms. The van der Waals surface area contributed by atoms with Crippen LogP contribution in [0, 0.1) is 28.6 Å². The van der Waals surface area contributed by atoms with Crippen molar-refractivity contribution in [2.24, 2.45) is 28.6 Å². The minimum absolute atomic E-state index is 0.0156. The number of hydrogen-bond acceptors (Lipinski definition) is 8. The summed E-state index contributed by atoms with van der Waals surface area (Å²) in [5, 5.41) is 32.5. The lowest BCUT2D eigenvalue weighted by molar-refractivity contribution is -0.184. The third kappa shape index (κ3) is 4.51. The van der Waals surface area contributed by atoms with Crippen molar-refractivity contribution in [1.82, 2.24) is 4.90 Å². The molecule has 3 N–H and O–H groups in total. The first-order chi connectivity index (χ1) is 18.8. The second-order valence-electron chi connectivity index (χ2n) is 13.1. The maximum atomic E-state index is 13.4. The molecule has 0 spiro atoms. The van der Waals surface area contributed by atoms with Gasteiger partial charge in [-0.05, 0) is 80.6 Å². The lowest BCUT2D eigenvalue weighted by Gasteiger charge is -2.60. The van der Waals surface area contributed by atoms with Crippen LogP contribution in [-0.2, 0) is 28.7 Å². The van der Waals surface area contributed by atoms with Crippen molar-refractivity contribution in [3.8, 4) is 0 Å². The summed E-state index contributed by atoms with van der Waals surface area (Å²) in [4.78, 5) is 62.9. The van der Waals surface area contributed by atoms with Crippen LogP contribution in [0.1, 0.15) is 84.5 Å². The van der Waals surface area contributed by atoms with E-state index in [1.807, 2.05) is 6.92 Å². The van der Waals surface area contributed by atoms with Crippen LogP contribution < -0.4 is 0 Å². The third-order valence-corrected chi connectivity index (χ3v) is 11.3. The van der Waals surface area contributed by atoms with Crippen LogP contribution in [0.4, 0.5) is 0 Å². The van der Waals surface area contributed by atoms with E-state index >= 15 is 0 Å². The molecule has 0 aromatic rings. The van der Waals surface area contributed by atoms with Crippen molar-refractivity contribution in [1.29, 1.82) is 0 Å². The smallest absolute Gasteiger partial charge is 0.326 e. The van der Waals surface area contributed by atoms with E-state index in [0.717, 1.165) is 18.4 Å². The number of likely N-dealkylation sites (tertiary alicyclic amines) is 1. The second-order valence-corrected chi connectivity index (χ2v) is 13.1. The molecule has 40 heavy (non-hydrogen) atoms. The summed E-state index contributed by atoms with van der Waals surface area (Å²) in [6.45, 7) is 3.73. The van der Waals surface area contributed by atoms with Crippen LogP contribution >= 0.6 is 0 Å². The normalized spacial score (nSPS) is 40.5. The molecule has 0 aromatic heterocycles. The van der Waals surface area contributed by atoms with E-state index in [9.17, 15) is 39.3 Å². The van der Waals surface area contributed by atoms with Gasteiger partial charge in [-0.1, -0.05) is 19.4 Å². The highest BCUT2D eigenvalue weighted by Crippen LogP contribution is 2.67. The maximum Gasteiger partial charge on any atom is 0.326 e. The summed E-state index contributed by atoms with van der Waals surface area (Å²) in [5.41, 5.74) is -1.78. The number of amides is 1. The molecular weight excluding hydrogens is 518 g/mol. The first kappa shape index (κ1) is 28.9. The molecule has 5 rings (SSSR count). The number of nitrogens with zero attached hydrogens (tertiary/aromatic N) is 1. The molecule has 0 radical (unpaired) electrons. The number of fused-ring (bicyclic) bond motifs is 5. The number of aliphatic hydroxyl groups is 2. The Balaban J connectivity index is 1.21. The summed E-state index contributed by atoms with van der Waals surface area (Å²) >= 11 is 0. The number of carboxylic acids is 1. The van der Waals surface area contributed by atoms with Crippen molar-refractivity contribution in [2.75, 3.05) is 13.2 Å². The van der Waals surface area contributed by atoms with Crippen molar-refractivity contribution >= 4 is 29.4 Å². The SMILES string of the molecule is C[C@]12CCC(=O)C=C1CC[C@H]1[C@H]2[C@@H](O)C[C@@]2(C)[C@@H]1CC[C@]2(O)C(=O)COC(=O)CCC(=O)N1CCC[C@@H]1C(=O)O. The molecule has 0 aromatic carbocycles. The van der Waals surface area contributed by atoms with Gasteiger partial charge in [-0.25, -0.2) is 4.79 Å². The van der Waals surface area contributed by atoms with E-state index < -0.39 is 53.4 Å². The number of ketones is 2. The number of rotatable bonds is 7. The van der Waals surface area contributed by atoms with E-state index in [2.05, 4.69) is 6.92 Å². The fourth-order valence-electron chi connectivity index (χ4n) is 9.16. The number of aliphatic hydroxyl groups excluding tert-OH is 1. The predicted octanol–water partition coefficient (Wildman–Crippen LogP) is 2.19. The molecule has 3 saturated carbocycles. The van der Waals surface area contributed by atoms with Gasteiger partial charge in [-0.3, -0.25) is 19.2 Å². The number of carbonyl (C=O) groups is 5. The topological polar surface area (TPSA) is 159 Å². The van der Waals surface area contributed by atoms with Gasteiger partial charge in [0.1, 0.15) is 11.6 Å². The number of Topliss-reactive ketones (excluding diaryl/α,β-unsaturated/α-hetero) is 1. The number of hydrogen-bond donors (Lipinski definition) is 3. The summed E-state index contributed by atoms with van der Waals surface area (Å²) in [6.07, 6.45) is 5.35. The van der Waals surface area contributed by atoms with E-state index in [1.165, 1.54) is 4.90 Å². The molecule has 4 aliphatic carbocycles. The molecule has 5 aliphatic rings. The van der Waals surface area contributed by atoms with Crippen LogP contribution in [0.3, 0.4) is 0 Å². The number of allylic oxidation sites excluding steroid dienone is 1. The molecular formula is C30H41NO9. The quantitative estimate of drug-likeness (QED) is 0.398. The second kappa shape index (κ2) is 10.4. The lowest BCUT2D eigenvalue weighted by atomic mass is 9.45. The minimum atomic E-state index is -1.75. The maximum absolute atomic E-state index is 13.4. The third-order valence-electron chi connectivity index (χ3n) is 11.3. The molecule has 8 atom stereocenters. The molecule has 10 heteroatoms. The highest BCUT2D eigenvalue weighted by molar-refractivity contribution is 5.92. The van der Waals surface area contributed by atoms with Gasteiger partial charge < -0.3 is 25.0 Å². The van der Waals surface area contributed by atoms with Gasteiger partial charge in [-0.2, -0.15) is 0 Å². The first-order valence-corrected chi connectivity index (χ1v) is 14.7. The average molecular weight is 560 g/mol. The Morgan fingerprint density at radius 3 is 2.55 bits per heavy atom. The summed E-state index contributed by atoms with van der Waals surface area (Å²) in [5.74, 6) is -2.64.